The second-order valence-electron chi connectivity index (χ2n) is 24.0. The van der Waals surface area contributed by atoms with Gasteiger partial charge in [-0.25, -0.2) is 0 Å². The Hall–Kier alpha value is -8.98. The lowest BCUT2D eigenvalue weighted by atomic mass is 9.84. The number of rotatable bonds is 22. The van der Waals surface area contributed by atoms with Crippen LogP contribution in [0.25, 0.3) is 66.8 Å². The highest BCUT2D eigenvalue weighted by Crippen LogP contribution is 2.45. The zero-order valence-corrected chi connectivity index (χ0v) is 52.1. The molecule has 0 amide bonds. The van der Waals surface area contributed by atoms with Crippen molar-refractivity contribution < 1.29 is 0 Å². The molecule has 0 fully saturated rings. The van der Waals surface area contributed by atoms with Gasteiger partial charge < -0.3 is 9.80 Å². The van der Waals surface area contributed by atoms with Crippen LogP contribution in [0.5, 0.6) is 0 Å². The molecule has 2 heteroatoms. The van der Waals surface area contributed by atoms with Crippen molar-refractivity contribution in [2.45, 2.75) is 120 Å². The maximum atomic E-state index is 2.61. The van der Waals surface area contributed by atoms with E-state index in [-0.39, 0.29) is 0 Å². The molecule has 0 unspecified atom stereocenters. The van der Waals surface area contributed by atoms with E-state index in [1.54, 1.807) is 0 Å². The number of nitrogens with zero attached hydrogens (tertiary/aromatic N) is 2. The molecule has 11 rings (SSSR count). The molecule has 0 aliphatic rings. The van der Waals surface area contributed by atoms with Gasteiger partial charge in [0.2, 0.25) is 0 Å². The van der Waals surface area contributed by atoms with Gasteiger partial charge in [-0.15, -0.1) is 0 Å². The van der Waals surface area contributed by atoms with Crippen molar-refractivity contribution in [3.8, 4) is 66.8 Å². The van der Waals surface area contributed by atoms with Gasteiger partial charge in [-0.2, -0.15) is 0 Å². The fourth-order valence-electron chi connectivity index (χ4n) is 12.7. The standard InChI is InChI=1S/C84H84N2/c1-9-11-13-17-27-71-57-84(82-52-48-78(56-64(82)8)86(74-43-39-68(40-44-74)66-35-31-60(4)32-36-66)76-46-50-80(62(6)54-76)70-25-21-16-22-26-70)72(28-18-14-12-10-2)58-83(71)81-51-47-77(55-63(81)7)85(73-41-37-67(38-42-73)65-33-29-59(3)30-34-65)75-45-49-79(61(5)53-75)69-23-19-15-20-24-69/h15-16,19-26,29-58H,9-14,17-18,27-28H2,1-8H3. The molecule has 0 aromatic heterocycles. The first-order valence-corrected chi connectivity index (χ1v) is 31.7. The average Bonchev–Trinajstić information content (AvgIpc) is 2.14. The van der Waals surface area contributed by atoms with Crippen molar-refractivity contribution in [2.75, 3.05) is 9.80 Å². The van der Waals surface area contributed by atoms with Crippen molar-refractivity contribution in [2.24, 2.45) is 0 Å². The third-order valence-corrected chi connectivity index (χ3v) is 17.6. The van der Waals surface area contributed by atoms with E-state index in [9.17, 15) is 0 Å². The van der Waals surface area contributed by atoms with Crippen LogP contribution in [0.2, 0.25) is 0 Å². The molecule has 0 heterocycles. The smallest absolute Gasteiger partial charge is 0.0464 e. The average molecular weight is 1120 g/mol. The summed E-state index contributed by atoms with van der Waals surface area (Å²) < 4.78 is 0. The van der Waals surface area contributed by atoms with Gasteiger partial charge in [-0.1, -0.05) is 233 Å². The van der Waals surface area contributed by atoms with Crippen molar-refractivity contribution >= 4 is 34.1 Å². The van der Waals surface area contributed by atoms with Gasteiger partial charge >= 0.3 is 0 Å². The first-order chi connectivity index (χ1) is 42.0. The lowest BCUT2D eigenvalue weighted by Crippen LogP contribution is -2.11. The molecule has 0 saturated heterocycles. The predicted molar refractivity (Wildman–Crippen MR) is 373 cm³/mol. The van der Waals surface area contributed by atoms with Crippen molar-refractivity contribution in [1.82, 2.24) is 0 Å². The normalized spacial score (nSPS) is 11.3. The fourth-order valence-corrected chi connectivity index (χ4v) is 12.7. The summed E-state index contributed by atoms with van der Waals surface area (Å²) in [5.74, 6) is 0. The Labute approximate surface area is 514 Å². The quantitative estimate of drug-likeness (QED) is 0.0624. The summed E-state index contributed by atoms with van der Waals surface area (Å²) in [4.78, 5) is 4.89. The minimum Gasteiger partial charge on any atom is -0.310 e. The van der Waals surface area contributed by atoms with Crippen LogP contribution in [0.4, 0.5) is 34.1 Å². The summed E-state index contributed by atoms with van der Waals surface area (Å²) >= 11 is 0. The lowest BCUT2D eigenvalue weighted by Gasteiger charge is -2.28. The maximum Gasteiger partial charge on any atom is 0.0464 e. The van der Waals surface area contributed by atoms with Crippen LogP contribution in [0.1, 0.15) is 110 Å². The van der Waals surface area contributed by atoms with Crippen LogP contribution in [-0.2, 0) is 12.8 Å². The molecule has 86 heavy (non-hydrogen) atoms. The summed E-state index contributed by atoms with van der Waals surface area (Å²) in [6, 6.07) is 91.0. The second kappa shape index (κ2) is 27.4. The highest BCUT2D eigenvalue weighted by atomic mass is 15.1. The van der Waals surface area contributed by atoms with Crippen LogP contribution >= 0.6 is 0 Å². The number of aryl methyl sites for hydroxylation is 8. The van der Waals surface area contributed by atoms with Gasteiger partial charge in [0, 0.05) is 34.1 Å². The minimum atomic E-state index is 1.04. The van der Waals surface area contributed by atoms with Gasteiger partial charge in [0.15, 0.2) is 0 Å². The largest absolute Gasteiger partial charge is 0.310 e. The molecule has 0 radical (unpaired) electrons. The maximum absolute atomic E-state index is 2.61. The zero-order chi connectivity index (χ0) is 59.5. The van der Waals surface area contributed by atoms with Crippen LogP contribution < -0.4 is 9.80 Å². The highest BCUT2D eigenvalue weighted by Gasteiger charge is 2.22. The van der Waals surface area contributed by atoms with Gasteiger partial charge in [0.1, 0.15) is 0 Å². The summed E-state index contributed by atoms with van der Waals surface area (Å²) in [5, 5.41) is 0. The van der Waals surface area contributed by atoms with Crippen molar-refractivity contribution in [3.05, 3.63) is 287 Å². The molecule has 0 atom stereocenters. The molecular formula is C84H84N2. The van der Waals surface area contributed by atoms with E-state index in [2.05, 4.69) is 308 Å². The van der Waals surface area contributed by atoms with Crippen molar-refractivity contribution in [3.63, 3.8) is 0 Å². The Morgan fingerprint density at radius 3 is 0.826 bits per heavy atom. The lowest BCUT2D eigenvalue weighted by molar-refractivity contribution is 0.664. The van der Waals surface area contributed by atoms with E-state index >= 15 is 0 Å². The van der Waals surface area contributed by atoms with Gasteiger partial charge in [-0.05, 0) is 240 Å². The van der Waals surface area contributed by atoms with Crippen molar-refractivity contribution in [1.29, 1.82) is 0 Å². The van der Waals surface area contributed by atoms with E-state index < -0.39 is 0 Å². The molecule has 0 N–H and O–H groups in total. The molecular weight excluding hydrogens is 1040 g/mol. The molecule has 0 spiro atoms. The number of unbranched alkanes of at least 4 members (excludes halogenated alkanes) is 6. The zero-order valence-electron chi connectivity index (χ0n) is 52.1. The number of anilines is 6. The third-order valence-electron chi connectivity index (χ3n) is 17.6. The topological polar surface area (TPSA) is 6.48 Å². The van der Waals surface area contributed by atoms with Gasteiger partial charge in [0.05, 0.1) is 0 Å². The Morgan fingerprint density at radius 1 is 0.233 bits per heavy atom. The molecule has 0 aliphatic heterocycles. The highest BCUT2D eigenvalue weighted by molar-refractivity contribution is 5.87. The fraction of sp³-hybridized carbons (Fsp3) is 0.214. The molecule has 0 saturated carbocycles. The molecule has 430 valence electrons. The second-order valence-corrected chi connectivity index (χ2v) is 24.0. The Bertz CT molecular complexity index is 3770. The minimum absolute atomic E-state index is 1.04. The summed E-state index contributed by atoms with van der Waals surface area (Å²) in [6.07, 6.45) is 11.8. The number of benzene rings is 11. The van der Waals surface area contributed by atoms with E-state index in [0.29, 0.717) is 0 Å². The van der Waals surface area contributed by atoms with Crippen LogP contribution in [0, 0.1) is 41.5 Å². The van der Waals surface area contributed by atoms with Crippen LogP contribution in [0.15, 0.2) is 243 Å². The summed E-state index contributed by atoms with van der Waals surface area (Å²) in [5.41, 5.74) is 32.5. The monoisotopic (exact) mass is 1120 g/mol. The van der Waals surface area contributed by atoms with E-state index in [1.165, 1.54) is 150 Å². The molecule has 0 bridgehead atoms. The predicted octanol–water partition coefficient (Wildman–Crippen LogP) is 24.7. The van der Waals surface area contributed by atoms with Crippen LogP contribution in [-0.4, -0.2) is 0 Å². The molecule has 2 nitrogen and oxygen atoms in total. The molecule has 0 aliphatic carbocycles. The number of hydrogen-bond acceptors (Lipinski definition) is 2. The SMILES string of the molecule is CCCCCCc1cc(-c2ccc(N(c3ccc(-c4ccc(C)cc4)cc3)c3ccc(-c4ccccc4)c(C)c3)cc2C)c(CCCCCC)cc1-c1ccc(N(c2ccc(-c3ccc(C)cc3)cc2)c2ccc(-c3ccccc3)c(C)c2)cc1C. The Morgan fingerprint density at radius 2 is 0.523 bits per heavy atom. The Kier molecular flexibility index (Phi) is 18.7. The van der Waals surface area contributed by atoms with E-state index in [0.717, 1.165) is 59.8 Å². The van der Waals surface area contributed by atoms with Crippen LogP contribution in [0.3, 0.4) is 0 Å². The molecule has 11 aromatic carbocycles. The molecule has 11 aromatic rings. The van der Waals surface area contributed by atoms with E-state index in [4.69, 9.17) is 0 Å². The summed E-state index contributed by atoms with van der Waals surface area (Å²) in [7, 11) is 0. The third kappa shape index (κ3) is 13.4. The van der Waals surface area contributed by atoms with Gasteiger partial charge in [-0.3, -0.25) is 0 Å². The van der Waals surface area contributed by atoms with Gasteiger partial charge in [0.25, 0.3) is 0 Å². The first-order valence-electron chi connectivity index (χ1n) is 31.7. The number of hydrogen-bond donors (Lipinski definition) is 0. The summed E-state index contributed by atoms with van der Waals surface area (Å²) in [6.45, 7) is 18.1. The first kappa shape index (κ1) is 58.8. The Balaban J connectivity index is 0.997. The van der Waals surface area contributed by atoms with E-state index in [1.807, 2.05) is 0 Å².